The molecule has 0 radical (unpaired) electrons. The van der Waals surface area contributed by atoms with Gasteiger partial charge in [0.15, 0.2) is 5.82 Å². The molecule has 3 N–H and O–H groups in total. The Hall–Kier alpha value is -2.50. The highest BCUT2D eigenvalue weighted by molar-refractivity contribution is 5.91. The lowest BCUT2D eigenvalue weighted by Gasteiger charge is -2.16. The van der Waals surface area contributed by atoms with Crippen LogP contribution in [-0.2, 0) is 7.05 Å². The molecule has 1 fully saturated rings. The molecule has 3 rings (SSSR count). The Labute approximate surface area is 123 Å². The number of hydrogen-bond donors (Lipinski definition) is 2. The van der Waals surface area contributed by atoms with E-state index in [9.17, 15) is 4.79 Å². The molecule has 6 nitrogen and oxygen atoms in total. The van der Waals surface area contributed by atoms with Gasteiger partial charge in [-0.15, -0.1) is 0 Å². The molecule has 0 aliphatic carbocycles. The van der Waals surface area contributed by atoms with E-state index in [-0.39, 0.29) is 6.03 Å². The molecule has 2 aromatic rings. The number of nitrogens with one attached hydrogen (secondary N) is 1. The van der Waals surface area contributed by atoms with E-state index in [4.69, 9.17) is 5.73 Å². The normalized spacial score (nSPS) is 14.4. The number of hydrogen-bond acceptors (Lipinski definition) is 3. The number of pyridine rings is 1. The first-order chi connectivity index (χ1) is 10.1. The molecule has 0 bridgehead atoms. The summed E-state index contributed by atoms with van der Waals surface area (Å²) in [5, 5.41) is 2.81. The van der Waals surface area contributed by atoms with Crippen molar-refractivity contribution in [3.8, 4) is 11.3 Å². The molecule has 0 spiro atoms. The van der Waals surface area contributed by atoms with Crippen LogP contribution in [0.3, 0.4) is 0 Å². The summed E-state index contributed by atoms with van der Waals surface area (Å²) in [4.78, 5) is 18.4. The van der Waals surface area contributed by atoms with Crippen molar-refractivity contribution in [2.75, 3.05) is 24.1 Å². The lowest BCUT2D eigenvalue weighted by Crippen LogP contribution is -2.32. The van der Waals surface area contributed by atoms with Crippen molar-refractivity contribution in [2.24, 2.45) is 7.05 Å². The van der Waals surface area contributed by atoms with Crippen molar-refractivity contribution in [3.05, 3.63) is 30.6 Å². The fourth-order valence-corrected chi connectivity index (χ4v) is 2.49. The molecule has 0 atom stereocenters. The summed E-state index contributed by atoms with van der Waals surface area (Å²) in [5.74, 6) is 0.424. The van der Waals surface area contributed by atoms with Gasteiger partial charge in [0.25, 0.3) is 0 Å². The molecule has 1 aliphatic rings. The predicted octanol–water partition coefficient (Wildman–Crippen LogP) is 2.30. The Bertz CT molecular complexity index is 658. The second-order valence-corrected chi connectivity index (χ2v) is 5.32. The van der Waals surface area contributed by atoms with Crippen LogP contribution in [-0.4, -0.2) is 33.6 Å². The molecule has 1 saturated heterocycles. The number of amides is 2. The number of aryl methyl sites for hydroxylation is 1. The van der Waals surface area contributed by atoms with E-state index in [0.29, 0.717) is 11.5 Å². The number of urea groups is 1. The van der Waals surface area contributed by atoms with Gasteiger partial charge in [-0.05, 0) is 31.0 Å². The fraction of sp³-hybridized carbons (Fsp3) is 0.333. The molecule has 2 amide bonds. The zero-order valence-corrected chi connectivity index (χ0v) is 12.0. The molecule has 0 unspecified atom stereocenters. The van der Waals surface area contributed by atoms with Crippen LogP contribution in [0.4, 0.5) is 16.3 Å². The maximum Gasteiger partial charge on any atom is 0.323 e. The zero-order valence-electron chi connectivity index (χ0n) is 12.0. The molecule has 1 aliphatic heterocycles. The van der Waals surface area contributed by atoms with Crippen LogP contribution < -0.4 is 11.1 Å². The van der Waals surface area contributed by atoms with Crippen LogP contribution in [0.2, 0.25) is 0 Å². The lowest BCUT2D eigenvalue weighted by atomic mass is 10.2. The zero-order chi connectivity index (χ0) is 14.8. The fourth-order valence-electron chi connectivity index (χ4n) is 2.49. The summed E-state index contributed by atoms with van der Waals surface area (Å²) >= 11 is 0. The first-order valence-electron chi connectivity index (χ1n) is 7.08. The van der Waals surface area contributed by atoms with Crippen LogP contribution in [0.15, 0.2) is 30.6 Å². The van der Waals surface area contributed by atoms with E-state index >= 15 is 0 Å². The lowest BCUT2D eigenvalue weighted by molar-refractivity contribution is 0.222. The van der Waals surface area contributed by atoms with Crippen LogP contribution in [0.1, 0.15) is 12.8 Å². The minimum absolute atomic E-state index is 0.128. The van der Waals surface area contributed by atoms with Crippen molar-refractivity contribution < 1.29 is 4.79 Å². The third-order valence-corrected chi connectivity index (χ3v) is 3.67. The average Bonchev–Trinajstić information content (AvgIpc) is 3.12. The summed E-state index contributed by atoms with van der Waals surface area (Å²) in [7, 11) is 1.96. The van der Waals surface area contributed by atoms with Crippen molar-refractivity contribution in [2.45, 2.75) is 12.8 Å². The largest absolute Gasteiger partial charge is 0.396 e. The van der Waals surface area contributed by atoms with E-state index in [1.54, 1.807) is 11.0 Å². The van der Waals surface area contributed by atoms with Crippen LogP contribution in [0.5, 0.6) is 0 Å². The summed E-state index contributed by atoms with van der Waals surface area (Å²) in [5.41, 5.74) is 8.18. The topological polar surface area (TPSA) is 76.2 Å². The van der Waals surface area contributed by atoms with Crippen molar-refractivity contribution in [3.63, 3.8) is 0 Å². The highest BCUT2D eigenvalue weighted by Crippen LogP contribution is 2.24. The minimum atomic E-state index is -0.128. The molecule has 2 aromatic heterocycles. The molecule has 3 heterocycles. The Kier molecular flexibility index (Phi) is 3.51. The Morgan fingerprint density at radius 3 is 2.71 bits per heavy atom. The van der Waals surface area contributed by atoms with E-state index in [1.165, 1.54) is 0 Å². The number of likely N-dealkylation sites (tertiary alicyclic amines) is 1. The number of aromatic nitrogens is 2. The van der Waals surface area contributed by atoms with Gasteiger partial charge in [0.1, 0.15) is 0 Å². The SMILES string of the molecule is Cn1ccc(-c2ccc(N)c(NC(=O)N3CCCC3)n2)c1. The highest BCUT2D eigenvalue weighted by Gasteiger charge is 2.19. The third-order valence-electron chi connectivity index (χ3n) is 3.67. The van der Waals surface area contributed by atoms with Gasteiger partial charge >= 0.3 is 6.03 Å². The van der Waals surface area contributed by atoms with Crippen molar-refractivity contribution in [1.82, 2.24) is 14.5 Å². The van der Waals surface area contributed by atoms with Crippen molar-refractivity contribution >= 4 is 17.5 Å². The standard InChI is InChI=1S/C15H19N5O/c1-19-9-6-11(10-19)13-5-4-12(16)14(17-13)18-15(21)20-7-2-3-8-20/h4-6,9-10H,2-3,7-8,16H2,1H3,(H,17,18,21). The maximum absolute atomic E-state index is 12.1. The third kappa shape index (κ3) is 2.84. The number of rotatable bonds is 2. The molecule has 6 heteroatoms. The maximum atomic E-state index is 12.1. The number of nitrogens with two attached hydrogens (primary N) is 1. The number of carbonyl (C=O) groups is 1. The Morgan fingerprint density at radius 2 is 2.05 bits per heavy atom. The van der Waals surface area contributed by atoms with E-state index in [0.717, 1.165) is 37.2 Å². The highest BCUT2D eigenvalue weighted by atomic mass is 16.2. The summed E-state index contributed by atoms with van der Waals surface area (Å²) < 4.78 is 1.95. The molecular weight excluding hydrogens is 266 g/mol. The summed E-state index contributed by atoms with van der Waals surface area (Å²) in [6, 6.07) is 5.48. The quantitative estimate of drug-likeness (QED) is 0.889. The van der Waals surface area contributed by atoms with E-state index < -0.39 is 0 Å². The molecule has 110 valence electrons. The van der Waals surface area contributed by atoms with Crippen LogP contribution in [0, 0.1) is 0 Å². The first-order valence-corrected chi connectivity index (χ1v) is 7.08. The first kappa shape index (κ1) is 13.5. The predicted molar refractivity (Wildman–Crippen MR) is 82.9 cm³/mol. The Morgan fingerprint density at radius 1 is 1.29 bits per heavy atom. The number of carbonyl (C=O) groups excluding carboxylic acids is 1. The van der Waals surface area contributed by atoms with Gasteiger partial charge in [0.2, 0.25) is 0 Å². The number of anilines is 2. The van der Waals surface area contributed by atoms with E-state index in [2.05, 4.69) is 10.3 Å². The van der Waals surface area contributed by atoms with Crippen molar-refractivity contribution in [1.29, 1.82) is 0 Å². The molecule has 0 saturated carbocycles. The summed E-state index contributed by atoms with van der Waals surface area (Å²) in [6.45, 7) is 1.59. The monoisotopic (exact) mass is 285 g/mol. The molecule has 0 aromatic carbocycles. The number of nitrogen functional groups attached to an aromatic ring is 1. The summed E-state index contributed by atoms with van der Waals surface area (Å²) in [6.07, 6.45) is 6.04. The molecular formula is C15H19N5O. The average molecular weight is 285 g/mol. The van der Waals surface area contributed by atoms with Gasteiger partial charge in [-0.3, -0.25) is 5.32 Å². The minimum Gasteiger partial charge on any atom is -0.396 e. The Balaban J connectivity index is 1.82. The van der Waals surface area contributed by atoms with Gasteiger partial charge in [-0.1, -0.05) is 0 Å². The van der Waals surface area contributed by atoms with Crippen LogP contribution in [0.25, 0.3) is 11.3 Å². The van der Waals surface area contributed by atoms with Gasteiger partial charge < -0.3 is 15.2 Å². The van der Waals surface area contributed by atoms with Gasteiger partial charge in [0, 0.05) is 38.1 Å². The second-order valence-electron chi connectivity index (χ2n) is 5.32. The van der Waals surface area contributed by atoms with Gasteiger partial charge in [-0.2, -0.15) is 0 Å². The van der Waals surface area contributed by atoms with E-state index in [1.807, 2.05) is 36.1 Å². The van der Waals surface area contributed by atoms with Gasteiger partial charge in [0.05, 0.1) is 11.4 Å². The number of nitrogens with zero attached hydrogens (tertiary/aromatic N) is 3. The smallest absolute Gasteiger partial charge is 0.323 e. The second kappa shape index (κ2) is 5.47. The van der Waals surface area contributed by atoms with Gasteiger partial charge in [-0.25, -0.2) is 9.78 Å². The van der Waals surface area contributed by atoms with Crippen LogP contribution >= 0.6 is 0 Å². The molecule has 21 heavy (non-hydrogen) atoms.